The van der Waals surface area contributed by atoms with Gasteiger partial charge in [0, 0.05) is 32.1 Å². The van der Waals surface area contributed by atoms with E-state index in [0.717, 1.165) is 57.8 Å². The molecule has 3 rings (SSSR count). The van der Waals surface area contributed by atoms with E-state index in [-0.39, 0.29) is 30.1 Å². The van der Waals surface area contributed by atoms with E-state index in [2.05, 4.69) is 53.5 Å². The first-order valence-corrected chi connectivity index (χ1v) is 9.23. The standard InChI is InChI=1S/C20H29N3O.HI/c1-2-21-20(22-15-18-9-6-10-19(18)24)23-13-11-17(12-14-23)16-7-4-3-5-8-16;/h3-5,7-8,11,18-19,24H,2,6,9-10,12-15H2,1H3,(H,21,22);1H. The molecule has 1 fully saturated rings. The highest BCUT2D eigenvalue weighted by molar-refractivity contribution is 14.0. The van der Waals surface area contributed by atoms with Gasteiger partial charge in [0.05, 0.1) is 6.10 Å². The van der Waals surface area contributed by atoms with Gasteiger partial charge < -0.3 is 15.3 Å². The lowest BCUT2D eigenvalue weighted by Gasteiger charge is -2.30. The molecule has 1 heterocycles. The van der Waals surface area contributed by atoms with E-state index in [4.69, 9.17) is 4.99 Å². The van der Waals surface area contributed by atoms with Gasteiger partial charge in [0.1, 0.15) is 0 Å². The summed E-state index contributed by atoms with van der Waals surface area (Å²) in [6, 6.07) is 10.6. The molecule has 1 aliphatic heterocycles. The van der Waals surface area contributed by atoms with Crippen LogP contribution in [0.5, 0.6) is 0 Å². The lowest BCUT2D eigenvalue weighted by Crippen LogP contribution is -2.43. The summed E-state index contributed by atoms with van der Waals surface area (Å²) in [4.78, 5) is 7.13. The van der Waals surface area contributed by atoms with Gasteiger partial charge in [0.2, 0.25) is 0 Å². The highest BCUT2D eigenvalue weighted by atomic mass is 127. The van der Waals surface area contributed by atoms with E-state index in [1.165, 1.54) is 11.1 Å². The monoisotopic (exact) mass is 455 g/mol. The number of nitrogens with zero attached hydrogens (tertiary/aromatic N) is 2. The Morgan fingerprint density at radius 2 is 2.08 bits per heavy atom. The second-order valence-corrected chi connectivity index (χ2v) is 6.74. The van der Waals surface area contributed by atoms with Gasteiger partial charge in [-0.2, -0.15) is 0 Å². The normalized spacial score (nSPS) is 23.8. The molecule has 1 saturated carbocycles. The minimum atomic E-state index is -0.164. The largest absolute Gasteiger partial charge is 0.393 e. The minimum absolute atomic E-state index is 0. The molecule has 0 saturated heterocycles. The van der Waals surface area contributed by atoms with Crippen LogP contribution in [-0.4, -0.2) is 48.2 Å². The summed E-state index contributed by atoms with van der Waals surface area (Å²) in [6.07, 6.45) is 6.36. The van der Waals surface area contributed by atoms with Gasteiger partial charge >= 0.3 is 0 Å². The highest BCUT2D eigenvalue weighted by Gasteiger charge is 2.25. The van der Waals surface area contributed by atoms with Gasteiger partial charge in [-0.1, -0.05) is 42.8 Å². The van der Waals surface area contributed by atoms with Crippen LogP contribution in [0, 0.1) is 5.92 Å². The van der Waals surface area contributed by atoms with Crippen molar-refractivity contribution in [3.8, 4) is 0 Å². The maximum atomic E-state index is 9.99. The van der Waals surface area contributed by atoms with E-state index in [1.54, 1.807) is 0 Å². The van der Waals surface area contributed by atoms with Gasteiger partial charge in [0.25, 0.3) is 0 Å². The van der Waals surface area contributed by atoms with Crippen LogP contribution in [0.4, 0.5) is 0 Å². The van der Waals surface area contributed by atoms with Gasteiger partial charge in [-0.15, -0.1) is 24.0 Å². The lowest BCUT2D eigenvalue weighted by atomic mass is 10.00. The molecule has 5 heteroatoms. The predicted octanol–water partition coefficient (Wildman–Crippen LogP) is 3.52. The van der Waals surface area contributed by atoms with Crippen LogP contribution >= 0.6 is 24.0 Å². The Balaban J connectivity index is 0.00000225. The first-order valence-electron chi connectivity index (χ1n) is 9.23. The van der Waals surface area contributed by atoms with E-state index in [1.807, 2.05) is 0 Å². The van der Waals surface area contributed by atoms with Crippen LogP contribution in [0.1, 0.15) is 38.2 Å². The van der Waals surface area contributed by atoms with Gasteiger partial charge in [-0.3, -0.25) is 4.99 Å². The molecular weight excluding hydrogens is 425 g/mol. The molecule has 0 amide bonds. The first-order chi connectivity index (χ1) is 11.8. The quantitative estimate of drug-likeness (QED) is 0.415. The van der Waals surface area contributed by atoms with Crippen LogP contribution < -0.4 is 5.32 Å². The van der Waals surface area contributed by atoms with E-state index < -0.39 is 0 Å². The van der Waals surface area contributed by atoms with Crippen LogP contribution in [0.15, 0.2) is 41.4 Å². The molecule has 4 nitrogen and oxygen atoms in total. The topological polar surface area (TPSA) is 47.9 Å². The molecule has 0 bridgehead atoms. The maximum Gasteiger partial charge on any atom is 0.194 e. The fourth-order valence-electron chi connectivity index (χ4n) is 3.64. The molecule has 2 aliphatic rings. The molecule has 0 aromatic heterocycles. The number of hydrogen-bond acceptors (Lipinski definition) is 2. The summed E-state index contributed by atoms with van der Waals surface area (Å²) in [6.45, 7) is 5.59. The first kappa shape index (κ1) is 20.2. The number of hydrogen-bond donors (Lipinski definition) is 2. The van der Waals surface area contributed by atoms with Crippen molar-refractivity contribution in [1.82, 2.24) is 10.2 Å². The number of benzene rings is 1. The van der Waals surface area contributed by atoms with Crippen LogP contribution in [-0.2, 0) is 0 Å². The number of aliphatic hydroxyl groups is 1. The smallest absolute Gasteiger partial charge is 0.194 e. The van der Waals surface area contributed by atoms with Crippen molar-refractivity contribution in [3.05, 3.63) is 42.0 Å². The SMILES string of the molecule is CCNC(=NCC1CCCC1O)N1CC=C(c2ccccc2)CC1.I. The molecule has 0 spiro atoms. The van der Waals surface area contributed by atoms with E-state index in [9.17, 15) is 5.11 Å². The zero-order chi connectivity index (χ0) is 16.8. The number of halogens is 1. The second-order valence-electron chi connectivity index (χ2n) is 6.74. The maximum absolute atomic E-state index is 9.99. The second kappa shape index (κ2) is 10.2. The molecule has 2 atom stereocenters. The average Bonchev–Trinajstić information content (AvgIpc) is 3.04. The van der Waals surface area contributed by atoms with Crippen LogP contribution in [0.2, 0.25) is 0 Å². The van der Waals surface area contributed by atoms with Crippen LogP contribution in [0.25, 0.3) is 5.57 Å². The van der Waals surface area contributed by atoms with E-state index in [0.29, 0.717) is 5.92 Å². The molecule has 1 aromatic rings. The van der Waals surface area contributed by atoms with Crippen molar-refractivity contribution in [2.24, 2.45) is 10.9 Å². The molecule has 2 unspecified atom stereocenters. The Hall–Kier alpha value is -1.08. The number of aliphatic imine (C=N–C) groups is 1. The summed E-state index contributed by atoms with van der Waals surface area (Å²) in [5.74, 6) is 1.32. The van der Waals surface area contributed by atoms with Crippen molar-refractivity contribution in [1.29, 1.82) is 0 Å². The third kappa shape index (κ3) is 5.45. The van der Waals surface area contributed by atoms with Crippen molar-refractivity contribution in [3.63, 3.8) is 0 Å². The van der Waals surface area contributed by atoms with E-state index >= 15 is 0 Å². The van der Waals surface area contributed by atoms with Crippen molar-refractivity contribution in [2.45, 2.75) is 38.7 Å². The summed E-state index contributed by atoms with van der Waals surface area (Å²) < 4.78 is 0. The Morgan fingerprint density at radius 1 is 1.28 bits per heavy atom. The Morgan fingerprint density at radius 3 is 2.68 bits per heavy atom. The van der Waals surface area contributed by atoms with Gasteiger partial charge in [0.15, 0.2) is 5.96 Å². The van der Waals surface area contributed by atoms with Crippen molar-refractivity contribution >= 4 is 35.5 Å². The molecule has 2 N–H and O–H groups in total. The third-order valence-corrected chi connectivity index (χ3v) is 5.08. The summed E-state index contributed by atoms with van der Waals surface area (Å²) in [7, 11) is 0. The molecule has 25 heavy (non-hydrogen) atoms. The molecule has 1 aliphatic carbocycles. The number of aliphatic hydroxyl groups excluding tert-OH is 1. The Kier molecular flexibility index (Phi) is 8.22. The Labute approximate surface area is 168 Å². The van der Waals surface area contributed by atoms with Gasteiger partial charge in [-0.25, -0.2) is 0 Å². The summed E-state index contributed by atoms with van der Waals surface area (Å²) in [5, 5.41) is 13.4. The third-order valence-electron chi connectivity index (χ3n) is 5.08. The lowest BCUT2D eigenvalue weighted by molar-refractivity contribution is 0.136. The molecule has 138 valence electrons. The number of nitrogens with one attached hydrogen (secondary N) is 1. The highest BCUT2D eigenvalue weighted by Crippen LogP contribution is 2.26. The minimum Gasteiger partial charge on any atom is -0.393 e. The molecular formula is C20H30IN3O. The average molecular weight is 455 g/mol. The predicted molar refractivity (Wildman–Crippen MR) is 115 cm³/mol. The number of guanidine groups is 1. The van der Waals surface area contributed by atoms with Crippen molar-refractivity contribution < 1.29 is 5.11 Å². The summed E-state index contributed by atoms with van der Waals surface area (Å²) >= 11 is 0. The van der Waals surface area contributed by atoms with Gasteiger partial charge in [-0.05, 0) is 37.3 Å². The summed E-state index contributed by atoms with van der Waals surface area (Å²) in [5.41, 5.74) is 2.75. The number of rotatable bonds is 4. The molecule has 0 radical (unpaired) electrons. The fourth-order valence-corrected chi connectivity index (χ4v) is 3.64. The zero-order valence-corrected chi connectivity index (χ0v) is 17.4. The van der Waals surface area contributed by atoms with Crippen molar-refractivity contribution in [2.75, 3.05) is 26.2 Å². The fraction of sp³-hybridized carbons (Fsp3) is 0.550. The van der Waals surface area contributed by atoms with Crippen LogP contribution in [0.3, 0.4) is 0 Å². The molecule has 1 aromatic carbocycles. The zero-order valence-electron chi connectivity index (χ0n) is 15.0. The Bertz CT molecular complexity index is 588.